The number of nitrogens with one attached hydrogen (secondary N) is 1. The lowest BCUT2D eigenvalue weighted by molar-refractivity contribution is -0.182. The Morgan fingerprint density at radius 2 is 2.05 bits per heavy atom. The van der Waals surface area contributed by atoms with Crippen LogP contribution in [0.2, 0.25) is 0 Å². The number of carbonyl (C=O) groups is 2. The van der Waals surface area contributed by atoms with Gasteiger partial charge in [-0.05, 0) is 18.8 Å². The molecule has 2 aliphatic heterocycles. The van der Waals surface area contributed by atoms with Crippen LogP contribution in [0.3, 0.4) is 0 Å². The van der Waals surface area contributed by atoms with Crippen LogP contribution >= 0.6 is 0 Å². The highest BCUT2D eigenvalue weighted by molar-refractivity contribution is 5.84. The summed E-state index contributed by atoms with van der Waals surface area (Å²) < 4.78 is 50.3. The van der Waals surface area contributed by atoms with Crippen LogP contribution in [0.4, 0.5) is 17.6 Å². The van der Waals surface area contributed by atoms with E-state index in [1.165, 1.54) is 0 Å². The van der Waals surface area contributed by atoms with E-state index in [1.54, 1.807) is 0 Å². The predicted octanol–water partition coefficient (Wildman–Crippen LogP) is 1.01. The molecule has 2 aliphatic rings. The van der Waals surface area contributed by atoms with Crippen LogP contribution in [0, 0.1) is 5.92 Å². The van der Waals surface area contributed by atoms with Crippen molar-refractivity contribution in [3.8, 4) is 0 Å². The Balaban J connectivity index is 2.01. The zero-order chi connectivity index (χ0) is 14.2. The molecule has 0 saturated carbocycles. The summed E-state index contributed by atoms with van der Waals surface area (Å²) >= 11 is 0. The molecule has 2 unspecified atom stereocenters. The van der Waals surface area contributed by atoms with E-state index in [4.69, 9.17) is 0 Å². The van der Waals surface area contributed by atoms with E-state index in [2.05, 4.69) is 5.32 Å². The summed E-state index contributed by atoms with van der Waals surface area (Å²) in [6.45, 7) is -0.0469. The summed E-state index contributed by atoms with van der Waals surface area (Å²) in [4.78, 5) is 23.4. The van der Waals surface area contributed by atoms with Crippen molar-refractivity contribution in [3.63, 3.8) is 0 Å². The number of amides is 2. The van der Waals surface area contributed by atoms with Gasteiger partial charge in [0, 0.05) is 25.6 Å². The third-order valence-corrected chi connectivity index (χ3v) is 3.67. The van der Waals surface area contributed by atoms with Crippen molar-refractivity contribution in [2.24, 2.45) is 5.92 Å². The van der Waals surface area contributed by atoms with Gasteiger partial charge in [0.2, 0.25) is 5.91 Å². The van der Waals surface area contributed by atoms with Gasteiger partial charge < -0.3 is 10.2 Å². The van der Waals surface area contributed by atoms with Crippen molar-refractivity contribution in [3.05, 3.63) is 0 Å². The normalized spacial score (nSPS) is 28.1. The minimum atomic E-state index is -4.63. The topological polar surface area (TPSA) is 49.4 Å². The Kier molecular flexibility index (Phi) is 3.69. The standard InChI is InChI=1S/C11H14F4N2O2/c12-9(13)11(14,15)10(19)17-4-3-7-6(5-17)1-2-8(18)16-7/h6-7,9H,1-5H2,(H,16,18). The Labute approximate surface area is 107 Å². The first kappa shape index (κ1) is 14.1. The lowest BCUT2D eigenvalue weighted by Gasteiger charge is -2.42. The first-order chi connectivity index (χ1) is 8.82. The quantitative estimate of drug-likeness (QED) is 0.769. The fraction of sp³-hybridized carbons (Fsp3) is 0.818. The van der Waals surface area contributed by atoms with Gasteiger partial charge in [-0.2, -0.15) is 8.78 Å². The monoisotopic (exact) mass is 282 g/mol. The molecule has 108 valence electrons. The molecule has 2 amide bonds. The number of rotatable bonds is 2. The number of piperidine rings is 2. The van der Waals surface area contributed by atoms with Crippen LogP contribution in [0.25, 0.3) is 0 Å². The van der Waals surface area contributed by atoms with Gasteiger partial charge >= 0.3 is 12.3 Å². The molecule has 2 atom stereocenters. The molecule has 0 aliphatic carbocycles. The Morgan fingerprint density at radius 3 is 2.68 bits per heavy atom. The summed E-state index contributed by atoms with van der Waals surface area (Å²) in [5.41, 5.74) is 0. The minimum Gasteiger partial charge on any atom is -0.353 e. The van der Waals surface area contributed by atoms with Gasteiger partial charge in [-0.25, -0.2) is 8.78 Å². The number of alkyl halides is 4. The van der Waals surface area contributed by atoms with Crippen molar-refractivity contribution in [1.29, 1.82) is 0 Å². The number of carbonyl (C=O) groups excluding carboxylic acids is 2. The highest BCUT2D eigenvalue weighted by Gasteiger charge is 2.52. The van der Waals surface area contributed by atoms with E-state index in [9.17, 15) is 27.2 Å². The number of hydrogen-bond acceptors (Lipinski definition) is 2. The second-order valence-corrected chi connectivity index (χ2v) is 4.94. The van der Waals surface area contributed by atoms with Gasteiger partial charge in [0.05, 0.1) is 0 Å². The Hall–Kier alpha value is -1.34. The van der Waals surface area contributed by atoms with Crippen molar-refractivity contribution in [1.82, 2.24) is 10.2 Å². The van der Waals surface area contributed by atoms with Crippen LogP contribution in [0.1, 0.15) is 19.3 Å². The van der Waals surface area contributed by atoms with Gasteiger partial charge in [-0.15, -0.1) is 0 Å². The summed E-state index contributed by atoms with van der Waals surface area (Å²) in [6, 6.07) is -0.148. The molecule has 0 aromatic carbocycles. The molecule has 0 aromatic rings. The molecule has 0 radical (unpaired) electrons. The van der Waals surface area contributed by atoms with Gasteiger partial charge in [-0.3, -0.25) is 9.59 Å². The molecule has 1 N–H and O–H groups in total. The van der Waals surface area contributed by atoms with E-state index >= 15 is 0 Å². The summed E-state index contributed by atoms with van der Waals surface area (Å²) in [5.74, 6) is -6.69. The first-order valence-corrected chi connectivity index (χ1v) is 6.07. The highest BCUT2D eigenvalue weighted by Crippen LogP contribution is 2.30. The van der Waals surface area contributed by atoms with Crippen LogP contribution < -0.4 is 5.32 Å². The van der Waals surface area contributed by atoms with Gasteiger partial charge in [0.25, 0.3) is 5.91 Å². The number of halogens is 4. The maximum absolute atomic E-state index is 13.0. The Morgan fingerprint density at radius 1 is 1.37 bits per heavy atom. The van der Waals surface area contributed by atoms with E-state index in [1.807, 2.05) is 0 Å². The number of hydrogen-bond donors (Lipinski definition) is 1. The molecule has 4 nitrogen and oxygen atoms in total. The SMILES string of the molecule is O=C1CCC2CN(C(=O)C(F)(F)C(F)F)CCC2N1. The van der Waals surface area contributed by atoms with Gasteiger partial charge in [-0.1, -0.05) is 0 Å². The van der Waals surface area contributed by atoms with E-state index in [-0.39, 0.29) is 37.4 Å². The van der Waals surface area contributed by atoms with Crippen LogP contribution in [-0.2, 0) is 9.59 Å². The molecule has 2 fully saturated rings. The van der Waals surface area contributed by atoms with Crippen LogP contribution in [0.5, 0.6) is 0 Å². The fourth-order valence-electron chi connectivity index (χ4n) is 2.60. The van der Waals surface area contributed by atoms with Crippen molar-refractivity contribution in [2.45, 2.75) is 37.7 Å². The molecule has 0 aromatic heterocycles. The van der Waals surface area contributed by atoms with Gasteiger partial charge in [0.1, 0.15) is 0 Å². The zero-order valence-electron chi connectivity index (χ0n) is 10.0. The van der Waals surface area contributed by atoms with E-state index < -0.39 is 18.3 Å². The molecule has 19 heavy (non-hydrogen) atoms. The predicted molar refractivity (Wildman–Crippen MR) is 56.8 cm³/mol. The third-order valence-electron chi connectivity index (χ3n) is 3.67. The minimum absolute atomic E-state index is 0.00785. The molecule has 2 rings (SSSR count). The highest BCUT2D eigenvalue weighted by atomic mass is 19.3. The summed E-state index contributed by atoms with van der Waals surface area (Å²) in [6.07, 6.45) is -2.92. The largest absolute Gasteiger partial charge is 0.383 e. The van der Waals surface area contributed by atoms with Crippen molar-refractivity contribution < 1.29 is 27.2 Å². The van der Waals surface area contributed by atoms with Crippen LogP contribution in [-0.4, -0.2) is 48.2 Å². The molecule has 0 spiro atoms. The van der Waals surface area contributed by atoms with Gasteiger partial charge in [0.15, 0.2) is 0 Å². The molecule has 0 bridgehead atoms. The average molecular weight is 282 g/mol. The fourth-order valence-corrected chi connectivity index (χ4v) is 2.60. The second kappa shape index (κ2) is 4.97. The lowest BCUT2D eigenvalue weighted by atomic mass is 9.85. The first-order valence-electron chi connectivity index (χ1n) is 6.07. The maximum Gasteiger partial charge on any atom is 0.383 e. The smallest absolute Gasteiger partial charge is 0.353 e. The molecule has 8 heteroatoms. The zero-order valence-corrected chi connectivity index (χ0v) is 10.0. The average Bonchev–Trinajstić information content (AvgIpc) is 2.37. The lowest BCUT2D eigenvalue weighted by Crippen LogP contribution is -2.58. The maximum atomic E-state index is 13.0. The van der Waals surface area contributed by atoms with Crippen molar-refractivity contribution in [2.75, 3.05) is 13.1 Å². The molecule has 2 heterocycles. The second-order valence-electron chi connectivity index (χ2n) is 4.94. The molecular weight excluding hydrogens is 268 g/mol. The van der Waals surface area contributed by atoms with Crippen molar-refractivity contribution >= 4 is 11.8 Å². The number of nitrogens with zero attached hydrogens (tertiary/aromatic N) is 1. The van der Waals surface area contributed by atoms with E-state index in [0.717, 1.165) is 4.90 Å². The molecular formula is C11H14F4N2O2. The molecule has 2 saturated heterocycles. The van der Waals surface area contributed by atoms with E-state index in [0.29, 0.717) is 12.8 Å². The third kappa shape index (κ3) is 2.66. The summed E-state index contributed by atoms with van der Waals surface area (Å²) in [7, 11) is 0. The number of likely N-dealkylation sites (tertiary alicyclic amines) is 1. The van der Waals surface area contributed by atoms with Crippen LogP contribution in [0.15, 0.2) is 0 Å². The summed E-state index contributed by atoms with van der Waals surface area (Å²) in [5, 5.41) is 2.73. The Bertz CT molecular complexity index is 389. The number of fused-ring (bicyclic) bond motifs is 1.